The molecule has 0 saturated heterocycles. The molecule has 3 aromatic heterocycles. The second kappa shape index (κ2) is 18.7. The molecule has 76 heavy (non-hydrogen) atoms. The van der Waals surface area contributed by atoms with Gasteiger partial charge >= 0.3 is 0 Å². The Morgan fingerprint density at radius 3 is 0.697 bits per heavy atom. The van der Waals surface area contributed by atoms with Gasteiger partial charge in [0.2, 0.25) is 0 Å². The van der Waals surface area contributed by atoms with E-state index in [9.17, 15) is 0 Å². The first-order valence-electron chi connectivity index (χ1n) is 25.6. The third kappa shape index (κ3) is 7.59. The van der Waals surface area contributed by atoms with E-state index < -0.39 is 23.8 Å². The zero-order chi connectivity index (χ0) is 50.1. The molecule has 9 aromatic carbocycles. The monoisotopic (exact) mass is 1020 g/mol. The number of hydrogen-bond acceptors (Lipinski definition) is 4. The molecule has 3 aliphatic rings. The van der Waals surface area contributed by atoms with Crippen molar-refractivity contribution in [1.29, 1.82) is 0 Å². The number of benzene rings is 9. The van der Waals surface area contributed by atoms with Crippen LogP contribution >= 0.6 is 23.8 Å². The van der Waals surface area contributed by atoms with Crippen LogP contribution in [0.3, 0.4) is 0 Å². The summed E-state index contributed by atoms with van der Waals surface area (Å²) < 4.78 is 0. The first-order valence-corrected chi connectivity index (χ1v) is 29.6. The summed E-state index contributed by atoms with van der Waals surface area (Å²) in [6.45, 7) is 0. The van der Waals surface area contributed by atoms with Crippen molar-refractivity contribution in [2.24, 2.45) is 0 Å². The minimum absolute atomic E-state index is 1.09. The zero-order valence-electron chi connectivity index (χ0n) is 41.1. The highest BCUT2D eigenvalue weighted by Crippen LogP contribution is 2.61. The maximum atomic E-state index is 4.36. The van der Waals surface area contributed by atoms with Crippen LogP contribution in [0.4, 0.5) is 17.1 Å². The summed E-state index contributed by atoms with van der Waals surface area (Å²) in [7, 11) is -3.27. The van der Waals surface area contributed by atoms with E-state index in [4.69, 9.17) is 0 Å². The molecular formula is C69H45N4P3. The molecule has 0 radical (unpaired) electrons. The van der Waals surface area contributed by atoms with Gasteiger partial charge < -0.3 is 4.90 Å². The molecule has 6 heterocycles. The molecule has 0 fully saturated rings. The molecule has 0 amide bonds. The van der Waals surface area contributed by atoms with E-state index in [1.54, 1.807) is 0 Å². The molecule has 12 aromatic rings. The molecule has 0 spiro atoms. The average molecular weight is 1020 g/mol. The number of nitrogens with zero attached hydrogens (tertiary/aromatic N) is 4. The van der Waals surface area contributed by atoms with Crippen molar-refractivity contribution >= 4 is 88.6 Å². The van der Waals surface area contributed by atoms with Gasteiger partial charge in [0, 0.05) is 69.0 Å². The summed E-state index contributed by atoms with van der Waals surface area (Å²) in [5.74, 6) is 0. The minimum Gasteiger partial charge on any atom is -0.306 e. The molecule has 0 saturated carbocycles. The molecular weight excluding hydrogens is 978 g/mol. The van der Waals surface area contributed by atoms with Crippen molar-refractivity contribution in [2.75, 3.05) is 4.90 Å². The van der Waals surface area contributed by atoms with Gasteiger partial charge in [-0.15, -0.1) is 0 Å². The van der Waals surface area contributed by atoms with Crippen molar-refractivity contribution in [2.45, 2.75) is 0 Å². The van der Waals surface area contributed by atoms with Gasteiger partial charge in [-0.1, -0.05) is 146 Å². The zero-order valence-corrected chi connectivity index (χ0v) is 43.8. The van der Waals surface area contributed by atoms with Crippen LogP contribution in [0.25, 0.3) is 66.8 Å². The molecule has 0 aliphatic carbocycles. The van der Waals surface area contributed by atoms with Gasteiger partial charge in [0.1, 0.15) is 0 Å². The Labute approximate surface area is 446 Å². The SMILES string of the molecule is c1ccc(P2c3cc(-c4cccc(-c5ccncc5)c4)cc4c3N3c5c2cc(-c2cccc(-c6ccncc6)c2)cc5P(c2ccccc2)c2cc(-c5cccc(-c6ccncc6)c5)cc(c23)P4c2ccccc2)cc1. The van der Waals surface area contributed by atoms with Gasteiger partial charge in [-0.05, 0) is 197 Å². The van der Waals surface area contributed by atoms with Gasteiger partial charge in [-0.25, -0.2) is 0 Å². The molecule has 0 bridgehead atoms. The minimum atomic E-state index is -1.09. The lowest BCUT2D eigenvalue weighted by atomic mass is 9.97. The van der Waals surface area contributed by atoms with E-state index >= 15 is 0 Å². The number of pyridine rings is 3. The Balaban J connectivity index is 1.07. The van der Waals surface area contributed by atoms with Crippen LogP contribution in [0, 0.1) is 0 Å². The quantitative estimate of drug-likeness (QED) is 0.135. The predicted octanol–water partition coefficient (Wildman–Crippen LogP) is 13.6. The lowest BCUT2D eigenvalue weighted by Gasteiger charge is -2.50. The topological polar surface area (TPSA) is 41.9 Å². The molecule has 356 valence electrons. The van der Waals surface area contributed by atoms with Crippen LogP contribution in [-0.2, 0) is 0 Å². The van der Waals surface area contributed by atoms with Gasteiger partial charge in [0.25, 0.3) is 0 Å². The van der Waals surface area contributed by atoms with Crippen LogP contribution in [0.5, 0.6) is 0 Å². The van der Waals surface area contributed by atoms with Crippen molar-refractivity contribution in [3.63, 3.8) is 0 Å². The maximum Gasteiger partial charge on any atom is 0.0630 e. The first-order chi connectivity index (χ1) is 37.7. The first kappa shape index (κ1) is 45.0. The van der Waals surface area contributed by atoms with Crippen LogP contribution in [0.15, 0.2) is 274 Å². The summed E-state index contributed by atoms with van der Waals surface area (Å²) >= 11 is 0. The molecule has 15 rings (SSSR count). The van der Waals surface area contributed by atoms with Crippen LogP contribution < -0.4 is 52.6 Å². The summed E-state index contributed by atoms with van der Waals surface area (Å²) in [6.07, 6.45) is 11.3. The lowest BCUT2D eigenvalue weighted by molar-refractivity contribution is 1.33. The van der Waals surface area contributed by atoms with E-state index in [1.807, 2.05) is 37.2 Å². The Morgan fingerprint density at radius 2 is 0.447 bits per heavy atom. The third-order valence-electron chi connectivity index (χ3n) is 15.0. The standard InChI is InChI=1S/C69H45N4P3/c1-4-19-58(20-5-1)74-61-40-55(52-16-10-13-49(37-52)46-25-31-70-32-26-46)42-63-67(61)73-68-62(74)41-56(53-17-11-14-50(38-53)47-27-33-71-34-28-47)43-64(68)76(60-23-8-3-9-24-60)66-45-57(44-65(69(66)73)75(63)59-21-6-2-7-22-59)54-18-12-15-51(39-54)48-29-35-72-36-30-48/h1-45H. The van der Waals surface area contributed by atoms with Gasteiger partial charge in [-0.3, -0.25) is 15.0 Å². The summed E-state index contributed by atoms with van der Waals surface area (Å²) in [4.78, 5) is 15.8. The fourth-order valence-corrected chi connectivity index (χ4v) is 19.9. The molecule has 4 nitrogen and oxygen atoms in total. The van der Waals surface area contributed by atoms with Crippen LogP contribution in [0.1, 0.15) is 0 Å². The normalized spacial score (nSPS) is 15.5. The van der Waals surface area contributed by atoms with Gasteiger partial charge in [-0.2, -0.15) is 0 Å². The Bertz CT molecular complexity index is 3670. The average Bonchev–Trinajstić information content (AvgIpc) is 3.69. The van der Waals surface area contributed by atoms with E-state index in [-0.39, 0.29) is 0 Å². The summed E-state index contributed by atoms with van der Waals surface area (Å²) in [5.41, 5.74) is 18.3. The molecule has 0 N–H and O–H groups in total. The molecule has 7 heteroatoms. The third-order valence-corrected chi connectivity index (χ3v) is 22.4. The van der Waals surface area contributed by atoms with Crippen LogP contribution in [-0.4, -0.2) is 15.0 Å². The maximum absolute atomic E-state index is 4.36. The number of rotatable bonds is 9. The Hall–Kier alpha value is -8.48. The number of aromatic nitrogens is 3. The fraction of sp³-hybridized carbons (Fsp3) is 0. The molecule has 3 aliphatic heterocycles. The fourth-order valence-electron chi connectivity index (χ4n) is 11.6. The van der Waals surface area contributed by atoms with E-state index in [0.717, 1.165) is 16.7 Å². The van der Waals surface area contributed by atoms with Gasteiger partial charge in [0.15, 0.2) is 0 Å². The molecule has 0 unspecified atom stereocenters. The smallest absolute Gasteiger partial charge is 0.0630 e. The largest absolute Gasteiger partial charge is 0.306 e. The highest BCUT2D eigenvalue weighted by molar-refractivity contribution is 7.84. The predicted molar refractivity (Wildman–Crippen MR) is 324 cm³/mol. The number of anilines is 3. The lowest BCUT2D eigenvalue weighted by Crippen LogP contribution is -2.50. The van der Waals surface area contributed by atoms with Crippen LogP contribution in [0.2, 0.25) is 0 Å². The van der Waals surface area contributed by atoms with Crippen molar-refractivity contribution in [3.05, 3.63) is 274 Å². The Kier molecular flexibility index (Phi) is 11.1. The highest BCUT2D eigenvalue weighted by atomic mass is 31.1. The second-order valence-electron chi connectivity index (χ2n) is 19.4. The Morgan fingerprint density at radius 1 is 0.211 bits per heavy atom. The van der Waals surface area contributed by atoms with Gasteiger partial charge in [0.05, 0.1) is 17.1 Å². The summed E-state index contributed by atoms with van der Waals surface area (Å²) in [5, 5.41) is 12.4. The van der Waals surface area contributed by atoms with E-state index in [1.165, 1.54) is 115 Å². The van der Waals surface area contributed by atoms with Crippen molar-refractivity contribution < 1.29 is 0 Å². The van der Waals surface area contributed by atoms with Crippen molar-refractivity contribution in [3.8, 4) is 66.8 Å². The second-order valence-corrected chi connectivity index (χ2v) is 25.8. The molecule has 0 atom stereocenters. The number of hydrogen-bond donors (Lipinski definition) is 0. The highest BCUT2D eigenvalue weighted by Gasteiger charge is 2.48. The van der Waals surface area contributed by atoms with E-state index in [0.29, 0.717) is 0 Å². The van der Waals surface area contributed by atoms with E-state index in [2.05, 4.69) is 256 Å². The van der Waals surface area contributed by atoms with Crippen molar-refractivity contribution in [1.82, 2.24) is 15.0 Å². The summed E-state index contributed by atoms with van der Waals surface area (Å²) in [6, 6.07) is 89.6.